The summed E-state index contributed by atoms with van der Waals surface area (Å²) < 4.78 is 5.27. The van der Waals surface area contributed by atoms with E-state index >= 15 is 0 Å². The molecule has 0 unspecified atom stereocenters. The number of halogens is 2. The number of benzene rings is 1. The molecule has 106 valence electrons. The number of rotatable bonds is 6. The maximum absolute atomic E-state index is 11.7. The molecule has 2 rings (SSSR count). The molecule has 0 radical (unpaired) electrons. The molecule has 1 aromatic rings. The van der Waals surface area contributed by atoms with Gasteiger partial charge in [0.2, 0.25) is 5.91 Å². The molecule has 0 aliphatic heterocycles. The predicted molar refractivity (Wildman–Crippen MR) is 76.5 cm³/mol. The molecule has 4 nitrogen and oxygen atoms in total. The third kappa shape index (κ3) is 4.38. The normalized spacial score (nSPS) is 15.4. The fourth-order valence-electron chi connectivity index (χ4n) is 1.69. The predicted octanol–water partition coefficient (Wildman–Crippen LogP) is 3.10. The molecule has 20 heavy (non-hydrogen) atoms. The van der Waals surface area contributed by atoms with Gasteiger partial charge in [0.15, 0.2) is 0 Å². The second-order valence-electron chi connectivity index (χ2n) is 4.76. The Hall–Kier alpha value is -1.28. The molecule has 1 aliphatic carbocycles. The molecule has 1 aliphatic rings. The van der Waals surface area contributed by atoms with E-state index in [1.54, 1.807) is 18.2 Å². The lowest BCUT2D eigenvalue weighted by molar-refractivity contribution is -0.126. The van der Waals surface area contributed by atoms with Gasteiger partial charge in [0.05, 0.1) is 22.7 Å². The summed E-state index contributed by atoms with van der Waals surface area (Å²) in [6.07, 6.45) is 2.34. The Bertz CT molecular complexity index is 538. The van der Waals surface area contributed by atoms with Crippen molar-refractivity contribution in [2.24, 2.45) is 5.92 Å². The molecule has 0 saturated heterocycles. The maximum atomic E-state index is 11.7. The number of nitrogens with one attached hydrogen (secondary N) is 1. The van der Waals surface area contributed by atoms with Crippen molar-refractivity contribution >= 4 is 29.1 Å². The molecule has 0 aromatic heterocycles. The molecule has 1 amide bonds. The number of carbonyl (C=O) groups is 1. The fraction of sp³-hybridized carbons (Fsp3) is 0.429. The van der Waals surface area contributed by atoms with Gasteiger partial charge in [-0.25, -0.2) is 0 Å². The fourth-order valence-corrected chi connectivity index (χ4v) is 1.99. The number of nitriles is 1. The van der Waals surface area contributed by atoms with Crippen LogP contribution in [0.25, 0.3) is 0 Å². The quantitative estimate of drug-likeness (QED) is 0.878. The first-order valence-electron chi connectivity index (χ1n) is 6.32. The van der Waals surface area contributed by atoms with Crippen LogP contribution in [0.15, 0.2) is 18.2 Å². The Morgan fingerprint density at radius 1 is 1.45 bits per heavy atom. The Labute approximate surface area is 127 Å². The second-order valence-corrected chi connectivity index (χ2v) is 5.58. The van der Waals surface area contributed by atoms with E-state index in [0.29, 0.717) is 28.1 Å². The van der Waals surface area contributed by atoms with E-state index in [-0.39, 0.29) is 12.5 Å². The number of hydrogen-bond donors (Lipinski definition) is 1. The van der Waals surface area contributed by atoms with Crippen molar-refractivity contribution in [1.29, 1.82) is 5.26 Å². The van der Waals surface area contributed by atoms with Crippen molar-refractivity contribution in [3.63, 3.8) is 0 Å². The smallest absolute Gasteiger partial charge is 0.247 e. The molecular formula is C14H14Cl2N2O2. The number of carbonyl (C=O) groups excluding carboxylic acids is 1. The molecule has 1 fully saturated rings. The topological polar surface area (TPSA) is 62.1 Å². The molecule has 0 bridgehead atoms. The summed E-state index contributed by atoms with van der Waals surface area (Å²) in [4.78, 5) is 11.7. The highest BCUT2D eigenvalue weighted by molar-refractivity contribution is 6.42. The minimum atomic E-state index is -0.762. The first kappa shape index (κ1) is 15.1. The number of nitrogens with zero attached hydrogens (tertiary/aromatic N) is 1. The van der Waals surface area contributed by atoms with Gasteiger partial charge in [-0.3, -0.25) is 4.79 Å². The van der Waals surface area contributed by atoms with Crippen molar-refractivity contribution in [2.75, 3.05) is 13.2 Å². The Balaban J connectivity index is 1.88. The summed E-state index contributed by atoms with van der Waals surface area (Å²) in [7, 11) is 0. The van der Waals surface area contributed by atoms with Crippen LogP contribution in [0.4, 0.5) is 0 Å². The van der Waals surface area contributed by atoms with Crippen LogP contribution in [0.3, 0.4) is 0 Å². The SMILES string of the molecule is N#C[C@@H](NC(=O)COCC1CC1)c1ccc(Cl)c(Cl)c1. The van der Waals surface area contributed by atoms with Crippen LogP contribution < -0.4 is 5.32 Å². The van der Waals surface area contributed by atoms with E-state index in [2.05, 4.69) is 5.32 Å². The second kappa shape index (κ2) is 6.94. The van der Waals surface area contributed by atoms with Gasteiger partial charge in [-0.15, -0.1) is 0 Å². The van der Waals surface area contributed by atoms with Crippen molar-refractivity contribution in [3.8, 4) is 6.07 Å². The van der Waals surface area contributed by atoms with Gasteiger partial charge in [0.25, 0.3) is 0 Å². The van der Waals surface area contributed by atoms with E-state index in [0.717, 1.165) is 0 Å². The van der Waals surface area contributed by atoms with Gasteiger partial charge in [0.1, 0.15) is 12.6 Å². The van der Waals surface area contributed by atoms with Crippen LogP contribution in [0.1, 0.15) is 24.4 Å². The first-order valence-corrected chi connectivity index (χ1v) is 7.07. The summed E-state index contributed by atoms with van der Waals surface area (Å²) in [6.45, 7) is 0.577. The Morgan fingerprint density at radius 3 is 2.80 bits per heavy atom. The molecule has 0 heterocycles. The Morgan fingerprint density at radius 2 is 2.20 bits per heavy atom. The van der Waals surface area contributed by atoms with Gasteiger partial charge in [-0.1, -0.05) is 29.3 Å². The maximum Gasteiger partial charge on any atom is 0.247 e. The van der Waals surface area contributed by atoms with Gasteiger partial charge in [-0.05, 0) is 36.5 Å². The molecule has 6 heteroatoms. The van der Waals surface area contributed by atoms with Crippen LogP contribution in [0.5, 0.6) is 0 Å². The highest BCUT2D eigenvalue weighted by atomic mass is 35.5. The van der Waals surface area contributed by atoms with Crippen LogP contribution >= 0.6 is 23.2 Å². The number of ether oxygens (including phenoxy) is 1. The van der Waals surface area contributed by atoms with Crippen LogP contribution in [0.2, 0.25) is 10.0 Å². The Kier molecular flexibility index (Phi) is 5.24. The molecule has 1 aromatic carbocycles. The monoisotopic (exact) mass is 312 g/mol. The third-order valence-corrected chi connectivity index (χ3v) is 3.73. The van der Waals surface area contributed by atoms with Gasteiger partial charge >= 0.3 is 0 Å². The molecular weight excluding hydrogens is 299 g/mol. The largest absolute Gasteiger partial charge is 0.371 e. The van der Waals surface area contributed by atoms with E-state index in [1.165, 1.54) is 12.8 Å². The zero-order valence-corrected chi connectivity index (χ0v) is 12.2. The van der Waals surface area contributed by atoms with Gasteiger partial charge in [-0.2, -0.15) is 5.26 Å². The zero-order chi connectivity index (χ0) is 14.5. The highest BCUT2D eigenvalue weighted by Crippen LogP contribution is 2.28. The lowest BCUT2D eigenvalue weighted by atomic mass is 10.1. The average molecular weight is 313 g/mol. The standard InChI is InChI=1S/C14H14Cl2N2O2/c15-11-4-3-10(5-12(11)16)13(6-17)18-14(19)8-20-7-9-1-2-9/h3-5,9,13H,1-2,7-8H2,(H,18,19)/t13-/m1/s1. The third-order valence-electron chi connectivity index (χ3n) is 3.00. The summed E-state index contributed by atoms with van der Waals surface area (Å²) in [5.41, 5.74) is 0.595. The lowest BCUT2D eigenvalue weighted by Crippen LogP contribution is -2.31. The van der Waals surface area contributed by atoms with Crippen molar-refractivity contribution in [1.82, 2.24) is 5.32 Å². The molecule has 1 atom stereocenters. The van der Waals surface area contributed by atoms with Crippen molar-refractivity contribution < 1.29 is 9.53 Å². The summed E-state index contributed by atoms with van der Waals surface area (Å²) in [6, 6.07) is 6.09. The molecule has 1 N–H and O–H groups in total. The molecule has 1 saturated carbocycles. The van der Waals surface area contributed by atoms with Crippen LogP contribution in [-0.4, -0.2) is 19.1 Å². The van der Waals surface area contributed by atoms with E-state index in [4.69, 9.17) is 33.2 Å². The van der Waals surface area contributed by atoms with E-state index in [1.807, 2.05) is 6.07 Å². The van der Waals surface area contributed by atoms with Crippen LogP contribution in [-0.2, 0) is 9.53 Å². The first-order chi connectivity index (χ1) is 9.60. The van der Waals surface area contributed by atoms with Crippen molar-refractivity contribution in [3.05, 3.63) is 33.8 Å². The number of amides is 1. The minimum absolute atomic E-state index is 0.0317. The summed E-state index contributed by atoms with van der Waals surface area (Å²) in [5.74, 6) is 0.285. The van der Waals surface area contributed by atoms with E-state index < -0.39 is 6.04 Å². The van der Waals surface area contributed by atoms with Gasteiger partial charge < -0.3 is 10.1 Å². The zero-order valence-electron chi connectivity index (χ0n) is 10.7. The van der Waals surface area contributed by atoms with Gasteiger partial charge in [0, 0.05) is 0 Å². The minimum Gasteiger partial charge on any atom is -0.371 e. The summed E-state index contributed by atoms with van der Waals surface area (Å²) >= 11 is 11.7. The summed E-state index contributed by atoms with van der Waals surface area (Å²) in [5, 5.41) is 12.5. The van der Waals surface area contributed by atoms with Crippen LogP contribution in [0, 0.1) is 17.2 Å². The average Bonchev–Trinajstić information content (AvgIpc) is 3.23. The highest BCUT2D eigenvalue weighted by Gasteiger charge is 2.22. The number of hydrogen-bond acceptors (Lipinski definition) is 3. The van der Waals surface area contributed by atoms with Crippen molar-refractivity contribution in [2.45, 2.75) is 18.9 Å². The lowest BCUT2D eigenvalue weighted by Gasteiger charge is -2.13. The van der Waals surface area contributed by atoms with E-state index in [9.17, 15) is 4.79 Å². The molecule has 0 spiro atoms.